The van der Waals surface area contributed by atoms with E-state index in [2.05, 4.69) is 5.32 Å². The average Bonchev–Trinajstić information content (AvgIpc) is 3.00. The summed E-state index contributed by atoms with van der Waals surface area (Å²) in [5.74, 6) is -2.44. The number of halogens is 2. The minimum absolute atomic E-state index is 0.127. The number of nitrogens with zero attached hydrogens (tertiary/aromatic N) is 1. The Morgan fingerprint density at radius 2 is 1.65 bits per heavy atom. The normalized spacial score (nSPS) is 19.7. The topological polar surface area (TPSA) is 142 Å². The molecule has 0 aliphatic carbocycles. The molecule has 2 aliphatic rings. The monoisotopic (exact) mass is 658 g/mol. The minimum atomic E-state index is -4.17. The van der Waals surface area contributed by atoms with Gasteiger partial charge in [-0.25, -0.2) is 8.78 Å². The number of aliphatic hydroxyl groups excluding tert-OH is 1. The molecule has 46 heavy (non-hydrogen) atoms. The zero-order valence-corrected chi connectivity index (χ0v) is 25.8. The number of aliphatic hydroxyl groups is 1. The van der Waals surface area contributed by atoms with Crippen LogP contribution in [-0.2, 0) is 35.6 Å². The van der Waals surface area contributed by atoms with E-state index in [0.29, 0.717) is 50.1 Å². The Bertz CT molecular complexity index is 1610. The van der Waals surface area contributed by atoms with Gasteiger partial charge < -0.3 is 24.8 Å². The standard InChI is InChI=1S/C33H36F2N2O8S/c34-25-7-5-23(6-8-25)29(38)14-13-28-31(37(32(28)40)27-11-9-26(35)10-12-27)24-3-1-22(2-4-24)15-16-33(20-44-21-33)45-19-30(39)36-17-18-46(41,42)43/h1-12,28-29,31,38H,13-21H2,(H,36,39)(H,41,42,43)/t28?,29?,31-/m1/s1. The van der Waals surface area contributed by atoms with Crippen molar-refractivity contribution in [2.45, 2.75) is 43.4 Å². The largest absolute Gasteiger partial charge is 0.388 e. The second kappa shape index (κ2) is 14.3. The fraction of sp³-hybridized carbons (Fsp3) is 0.394. The third-order valence-corrected chi connectivity index (χ3v) is 9.16. The van der Waals surface area contributed by atoms with Crippen LogP contribution in [-0.4, -0.2) is 67.6 Å². The molecule has 2 amide bonds. The number of benzene rings is 3. The predicted octanol–water partition coefficient (Wildman–Crippen LogP) is 3.90. The van der Waals surface area contributed by atoms with Crippen LogP contribution in [0.3, 0.4) is 0 Å². The van der Waals surface area contributed by atoms with Gasteiger partial charge in [0.1, 0.15) is 23.8 Å². The molecule has 2 fully saturated rings. The van der Waals surface area contributed by atoms with Crippen molar-refractivity contribution in [1.82, 2.24) is 5.32 Å². The summed E-state index contributed by atoms with van der Waals surface area (Å²) in [5, 5.41) is 13.1. The van der Waals surface area contributed by atoms with E-state index in [0.717, 1.165) is 11.1 Å². The molecular formula is C33H36F2N2O8S. The molecule has 0 aromatic heterocycles. The first-order valence-corrected chi connectivity index (χ1v) is 16.6. The number of rotatable bonds is 15. The summed E-state index contributed by atoms with van der Waals surface area (Å²) < 4.78 is 68.6. The first-order valence-electron chi connectivity index (χ1n) is 15.0. The first-order chi connectivity index (χ1) is 21.9. The maximum atomic E-state index is 13.6. The molecule has 0 spiro atoms. The Morgan fingerprint density at radius 1 is 1.02 bits per heavy atom. The van der Waals surface area contributed by atoms with Crippen molar-refractivity contribution in [2.75, 3.05) is 37.0 Å². The van der Waals surface area contributed by atoms with Crippen LogP contribution in [0.15, 0.2) is 72.8 Å². The molecular weight excluding hydrogens is 622 g/mol. The number of carbonyl (C=O) groups is 2. The summed E-state index contributed by atoms with van der Waals surface area (Å²) >= 11 is 0. The highest BCUT2D eigenvalue weighted by molar-refractivity contribution is 7.85. The predicted molar refractivity (Wildman–Crippen MR) is 164 cm³/mol. The van der Waals surface area contributed by atoms with Crippen molar-refractivity contribution >= 4 is 27.6 Å². The molecule has 3 atom stereocenters. The van der Waals surface area contributed by atoms with Gasteiger partial charge in [-0.3, -0.25) is 14.1 Å². The summed E-state index contributed by atoms with van der Waals surface area (Å²) in [7, 11) is -4.17. The van der Waals surface area contributed by atoms with Gasteiger partial charge in [0.25, 0.3) is 10.1 Å². The number of hydrogen-bond acceptors (Lipinski definition) is 7. The Kier molecular flexibility index (Phi) is 10.5. The Morgan fingerprint density at radius 3 is 2.24 bits per heavy atom. The maximum Gasteiger partial charge on any atom is 0.266 e. The van der Waals surface area contributed by atoms with Crippen LogP contribution in [0.1, 0.15) is 48.1 Å². The van der Waals surface area contributed by atoms with Crippen LogP contribution < -0.4 is 10.2 Å². The van der Waals surface area contributed by atoms with Crippen molar-refractivity contribution in [2.24, 2.45) is 5.92 Å². The van der Waals surface area contributed by atoms with E-state index in [1.165, 1.54) is 36.4 Å². The molecule has 0 radical (unpaired) electrons. The molecule has 2 unspecified atom stereocenters. The smallest absolute Gasteiger partial charge is 0.266 e. The number of hydrogen-bond donors (Lipinski definition) is 3. The minimum Gasteiger partial charge on any atom is -0.388 e. The quantitative estimate of drug-likeness (QED) is 0.165. The highest BCUT2D eigenvalue weighted by atomic mass is 32.2. The van der Waals surface area contributed by atoms with Gasteiger partial charge in [0.15, 0.2) is 0 Å². The van der Waals surface area contributed by atoms with Gasteiger partial charge in [-0.1, -0.05) is 36.4 Å². The molecule has 3 aromatic carbocycles. The summed E-state index contributed by atoms with van der Waals surface area (Å²) in [6.07, 6.45) is 1.02. The number of ether oxygens (including phenoxy) is 2. The van der Waals surface area contributed by atoms with Crippen LogP contribution in [0.25, 0.3) is 0 Å². The van der Waals surface area contributed by atoms with Crippen molar-refractivity contribution in [3.8, 4) is 0 Å². The lowest BCUT2D eigenvalue weighted by Crippen LogP contribution is -2.55. The van der Waals surface area contributed by atoms with Crippen LogP contribution in [0, 0.1) is 17.6 Å². The zero-order valence-electron chi connectivity index (χ0n) is 25.0. The number of carbonyl (C=O) groups excluding carboxylic acids is 2. The lowest BCUT2D eigenvalue weighted by molar-refractivity contribution is -0.212. The van der Waals surface area contributed by atoms with Crippen molar-refractivity contribution in [1.29, 1.82) is 0 Å². The first kappa shape index (κ1) is 33.6. The average molecular weight is 659 g/mol. The molecule has 3 N–H and O–H groups in total. The molecule has 2 saturated heterocycles. The Labute approximate surface area is 266 Å². The molecule has 3 aromatic rings. The van der Waals surface area contributed by atoms with Gasteiger partial charge in [0.05, 0.1) is 37.0 Å². The lowest BCUT2D eigenvalue weighted by Gasteiger charge is -2.48. The van der Waals surface area contributed by atoms with Gasteiger partial charge in [0.2, 0.25) is 11.8 Å². The Balaban J connectivity index is 1.21. The third-order valence-electron chi connectivity index (χ3n) is 8.44. The SMILES string of the molecule is O=C(COC1(CCc2ccc([C@@H]3C(CCC(O)c4ccc(F)cc4)C(=O)N3c3ccc(F)cc3)cc2)COC1)NCCS(=O)(=O)O. The third kappa shape index (κ3) is 8.34. The van der Waals surface area contributed by atoms with Crippen LogP contribution >= 0.6 is 0 Å². The van der Waals surface area contributed by atoms with Crippen molar-refractivity contribution < 1.29 is 45.9 Å². The van der Waals surface area contributed by atoms with Crippen molar-refractivity contribution in [3.05, 3.63) is 101 Å². The van der Waals surface area contributed by atoms with Crippen LogP contribution in [0.4, 0.5) is 14.5 Å². The Hall–Kier alpha value is -3.75. The summed E-state index contributed by atoms with van der Waals surface area (Å²) in [6, 6.07) is 18.8. The summed E-state index contributed by atoms with van der Waals surface area (Å²) in [6.45, 7) is 0.120. The number of aryl methyl sites for hydroxylation is 1. The molecule has 13 heteroatoms. The zero-order chi connectivity index (χ0) is 32.9. The number of nitrogens with one attached hydrogen (secondary N) is 1. The second-order valence-corrected chi connectivity index (χ2v) is 13.3. The van der Waals surface area contributed by atoms with Gasteiger partial charge in [-0.2, -0.15) is 8.42 Å². The van der Waals surface area contributed by atoms with E-state index in [9.17, 15) is 31.9 Å². The molecule has 0 bridgehead atoms. The van der Waals surface area contributed by atoms with Gasteiger partial charge in [-0.15, -0.1) is 0 Å². The molecule has 0 saturated carbocycles. The van der Waals surface area contributed by atoms with E-state index >= 15 is 0 Å². The molecule has 2 heterocycles. The fourth-order valence-electron chi connectivity index (χ4n) is 5.76. The number of anilines is 1. The maximum absolute atomic E-state index is 13.6. The van der Waals surface area contributed by atoms with E-state index in [-0.39, 0.29) is 25.1 Å². The van der Waals surface area contributed by atoms with E-state index < -0.39 is 51.0 Å². The summed E-state index contributed by atoms with van der Waals surface area (Å²) in [4.78, 5) is 27.1. The highest BCUT2D eigenvalue weighted by Crippen LogP contribution is 2.46. The van der Waals surface area contributed by atoms with Gasteiger partial charge in [0, 0.05) is 12.2 Å². The van der Waals surface area contributed by atoms with Crippen molar-refractivity contribution in [3.63, 3.8) is 0 Å². The fourth-order valence-corrected chi connectivity index (χ4v) is 6.12. The molecule has 5 rings (SSSR count). The van der Waals surface area contributed by atoms with Crippen LogP contribution in [0.2, 0.25) is 0 Å². The highest BCUT2D eigenvalue weighted by Gasteiger charge is 2.48. The van der Waals surface area contributed by atoms with E-state index in [4.69, 9.17) is 14.0 Å². The number of amides is 2. The lowest BCUT2D eigenvalue weighted by atomic mass is 9.78. The molecule has 246 valence electrons. The van der Waals surface area contributed by atoms with Gasteiger partial charge >= 0.3 is 0 Å². The molecule has 2 aliphatic heterocycles. The van der Waals surface area contributed by atoms with Gasteiger partial charge in [-0.05, 0) is 78.8 Å². The number of β-lactam (4-membered cyclic amide) rings is 1. The summed E-state index contributed by atoms with van der Waals surface area (Å²) in [5.41, 5.74) is 2.37. The molecule has 10 nitrogen and oxygen atoms in total. The van der Waals surface area contributed by atoms with Crippen LogP contribution in [0.5, 0.6) is 0 Å². The second-order valence-electron chi connectivity index (χ2n) is 11.7. The van der Waals surface area contributed by atoms with E-state index in [1.54, 1.807) is 17.0 Å². The van der Waals surface area contributed by atoms with E-state index in [1.807, 2.05) is 24.3 Å².